The molecule has 0 heterocycles. The number of nitrogen functional groups attached to an aromatic ring is 1. The molecule has 0 amide bonds. The standard InChI is InChI=1S/C18H14N2O2/c1-2-22-18(21)14-9-12-8-7-11-5-3-4-6-13(11)16(12)15(10-19)17(14)20/h3-9H,2,20H2,1H3. The van der Waals surface area contributed by atoms with E-state index in [-0.39, 0.29) is 17.9 Å². The lowest BCUT2D eigenvalue weighted by Gasteiger charge is -2.12. The number of benzene rings is 3. The van der Waals surface area contributed by atoms with Crippen LogP contribution in [0.4, 0.5) is 5.69 Å². The van der Waals surface area contributed by atoms with Gasteiger partial charge in [0.2, 0.25) is 0 Å². The number of carbonyl (C=O) groups is 1. The van der Waals surface area contributed by atoms with E-state index < -0.39 is 5.97 Å². The lowest BCUT2D eigenvalue weighted by molar-refractivity contribution is 0.0528. The van der Waals surface area contributed by atoms with E-state index in [9.17, 15) is 10.1 Å². The summed E-state index contributed by atoms with van der Waals surface area (Å²) in [6, 6.07) is 15.5. The molecule has 4 nitrogen and oxygen atoms in total. The molecule has 3 aromatic carbocycles. The van der Waals surface area contributed by atoms with Crippen LogP contribution in [0.5, 0.6) is 0 Å². The molecule has 0 aromatic heterocycles. The Bertz CT molecular complexity index is 939. The zero-order valence-electron chi connectivity index (χ0n) is 12.1. The van der Waals surface area contributed by atoms with Crippen molar-refractivity contribution < 1.29 is 9.53 Å². The van der Waals surface area contributed by atoms with E-state index in [1.165, 1.54) is 0 Å². The number of rotatable bonds is 2. The first-order valence-electron chi connectivity index (χ1n) is 6.98. The minimum absolute atomic E-state index is 0.171. The maximum atomic E-state index is 12.0. The largest absolute Gasteiger partial charge is 0.462 e. The van der Waals surface area contributed by atoms with E-state index in [4.69, 9.17) is 10.5 Å². The van der Waals surface area contributed by atoms with Gasteiger partial charge in [-0.15, -0.1) is 0 Å². The molecule has 0 atom stereocenters. The summed E-state index contributed by atoms with van der Waals surface area (Å²) in [4.78, 5) is 12.0. The highest BCUT2D eigenvalue weighted by atomic mass is 16.5. The Kier molecular flexibility index (Phi) is 3.40. The maximum Gasteiger partial charge on any atom is 0.340 e. The minimum Gasteiger partial charge on any atom is -0.462 e. The van der Waals surface area contributed by atoms with E-state index in [0.717, 1.165) is 21.5 Å². The molecule has 3 aromatic rings. The van der Waals surface area contributed by atoms with Crippen molar-refractivity contribution in [1.82, 2.24) is 0 Å². The van der Waals surface area contributed by atoms with Gasteiger partial charge in [-0.2, -0.15) is 5.26 Å². The molecule has 0 aliphatic rings. The van der Waals surface area contributed by atoms with Crippen molar-refractivity contribution in [3.05, 3.63) is 53.6 Å². The molecule has 108 valence electrons. The summed E-state index contributed by atoms with van der Waals surface area (Å²) < 4.78 is 5.02. The third-order valence-corrected chi connectivity index (χ3v) is 3.68. The van der Waals surface area contributed by atoms with Gasteiger partial charge in [0, 0.05) is 5.39 Å². The number of nitrogens with two attached hydrogens (primary N) is 1. The van der Waals surface area contributed by atoms with Crippen molar-refractivity contribution in [2.24, 2.45) is 0 Å². The summed E-state index contributed by atoms with van der Waals surface area (Å²) in [6.45, 7) is 1.99. The van der Waals surface area contributed by atoms with Gasteiger partial charge in [-0.3, -0.25) is 0 Å². The average Bonchev–Trinajstić information content (AvgIpc) is 2.54. The number of esters is 1. The number of hydrogen-bond donors (Lipinski definition) is 1. The molecular formula is C18H14N2O2. The van der Waals surface area contributed by atoms with Gasteiger partial charge in [-0.05, 0) is 29.1 Å². The first kappa shape index (κ1) is 13.9. The molecule has 0 bridgehead atoms. The van der Waals surface area contributed by atoms with Crippen LogP contribution in [0.1, 0.15) is 22.8 Å². The Morgan fingerprint density at radius 1 is 1.23 bits per heavy atom. The van der Waals surface area contributed by atoms with Gasteiger partial charge in [0.15, 0.2) is 0 Å². The van der Waals surface area contributed by atoms with Crippen molar-refractivity contribution in [3.63, 3.8) is 0 Å². The number of hydrogen-bond acceptors (Lipinski definition) is 4. The normalized spacial score (nSPS) is 10.5. The van der Waals surface area contributed by atoms with Crippen molar-refractivity contribution in [2.75, 3.05) is 12.3 Å². The Hall–Kier alpha value is -3.06. The molecule has 0 fully saturated rings. The van der Waals surface area contributed by atoms with Gasteiger partial charge < -0.3 is 10.5 Å². The molecule has 22 heavy (non-hydrogen) atoms. The minimum atomic E-state index is -0.508. The molecule has 0 saturated carbocycles. The third-order valence-electron chi connectivity index (χ3n) is 3.68. The Balaban J connectivity index is 2.43. The van der Waals surface area contributed by atoms with E-state index in [0.29, 0.717) is 5.56 Å². The summed E-state index contributed by atoms with van der Waals surface area (Å²) in [5.41, 5.74) is 6.78. The predicted octanol–water partition coefficient (Wildman–Crippen LogP) is 3.62. The number of ether oxygens (including phenoxy) is 1. The predicted molar refractivity (Wildman–Crippen MR) is 86.5 cm³/mol. The molecule has 2 N–H and O–H groups in total. The third kappa shape index (κ3) is 2.04. The summed E-state index contributed by atoms with van der Waals surface area (Å²) in [6.07, 6.45) is 0. The Morgan fingerprint density at radius 2 is 1.95 bits per heavy atom. The molecule has 0 spiro atoms. The van der Waals surface area contributed by atoms with Gasteiger partial charge in [-0.25, -0.2) is 4.79 Å². The number of carbonyl (C=O) groups excluding carboxylic acids is 1. The lowest BCUT2D eigenvalue weighted by Crippen LogP contribution is -2.09. The first-order chi connectivity index (χ1) is 10.7. The molecule has 0 unspecified atom stereocenters. The van der Waals surface area contributed by atoms with Crippen LogP contribution in [0.15, 0.2) is 42.5 Å². The maximum absolute atomic E-state index is 12.0. The number of nitriles is 1. The van der Waals surface area contributed by atoms with E-state index in [2.05, 4.69) is 6.07 Å². The number of nitrogens with zero attached hydrogens (tertiary/aromatic N) is 1. The second-order valence-electron chi connectivity index (χ2n) is 4.93. The highest BCUT2D eigenvalue weighted by Gasteiger charge is 2.18. The first-order valence-corrected chi connectivity index (χ1v) is 6.98. The quantitative estimate of drug-likeness (QED) is 0.444. The van der Waals surface area contributed by atoms with Crippen molar-refractivity contribution in [1.29, 1.82) is 5.26 Å². The van der Waals surface area contributed by atoms with Gasteiger partial charge in [0.05, 0.1) is 23.4 Å². The Morgan fingerprint density at radius 3 is 2.68 bits per heavy atom. The van der Waals surface area contributed by atoms with Crippen LogP contribution in [0.3, 0.4) is 0 Å². The number of fused-ring (bicyclic) bond motifs is 3. The van der Waals surface area contributed by atoms with Crippen molar-refractivity contribution >= 4 is 33.2 Å². The highest BCUT2D eigenvalue weighted by Crippen LogP contribution is 2.33. The summed E-state index contributed by atoms with van der Waals surface area (Å²) in [7, 11) is 0. The van der Waals surface area contributed by atoms with Gasteiger partial charge in [-0.1, -0.05) is 36.4 Å². The van der Waals surface area contributed by atoms with Crippen LogP contribution in [0, 0.1) is 11.3 Å². The van der Waals surface area contributed by atoms with Crippen molar-refractivity contribution in [2.45, 2.75) is 6.92 Å². The zero-order chi connectivity index (χ0) is 15.7. The van der Waals surface area contributed by atoms with Gasteiger partial charge >= 0.3 is 5.97 Å². The molecule has 0 saturated heterocycles. The fraction of sp³-hybridized carbons (Fsp3) is 0.111. The van der Waals surface area contributed by atoms with E-state index in [1.54, 1.807) is 13.0 Å². The topological polar surface area (TPSA) is 76.1 Å². The molecule has 0 aliphatic carbocycles. The fourth-order valence-electron chi connectivity index (χ4n) is 2.68. The smallest absolute Gasteiger partial charge is 0.340 e. The summed E-state index contributed by atoms with van der Waals surface area (Å²) in [5, 5.41) is 13.1. The van der Waals surface area contributed by atoms with E-state index in [1.807, 2.05) is 36.4 Å². The fourth-order valence-corrected chi connectivity index (χ4v) is 2.68. The molecule has 0 radical (unpaired) electrons. The average molecular weight is 290 g/mol. The van der Waals surface area contributed by atoms with Crippen LogP contribution in [0.25, 0.3) is 21.5 Å². The van der Waals surface area contributed by atoms with E-state index >= 15 is 0 Å². The van der Waals surface area contributed by atoms with Gasteiger partial charge in [0.1, 0.15) is 6.07 Å². The van der Waals surface area contributed by atoms with Crippen LogP contribution in [-0.4, -0.2) is 12.6 Å². The second kappa shape index (κ2) is 5.38. The van der Waals surface area contributed by atoms with Crippen LogP contribution >= 0.6 is 0 Å². The SMILES string of the molecule is CCOC(=O)c1cc2ccc3ccccc3c2c(C#N)c1N. The zero-order valence-corrected chi connectivity index (χ0v) is 12.1. The van der Waals surface area contributed by atoms with Crippen LogP contribution < -0.4 is 5.73 Å². The van der Waals surface area contributed by atoms with Crippen molar-refractivity contribution in [3.8, 4) is 6.07 Å². The van der Waals surface area contributed by atoms with Gasteiger partial charge in [0.25, 0.3) is 0 Å². The highest BCUT2D eigenvalue weighted by molar-refractivity contribution is 6.14. The number of anilines is 1. The molecule has 4 heteroatoms. The van der Waals surface area contributed by atoms with Crippen LogP contribution in [0.2, 0.25) is 0 Å². The molecule has 3 rings (SSSR count). The lowest BCUT2D eigenvalue weighted by atomic mass is 9.94. The summed E-state index contributed by atoms with van der Waals surface area (Å²) >= 11 is 0. The molecule has 0 aliphatic heterocycles. The Labute approximate surface area is 127 Å². The second-order valence-corrected chi connectivity index (χ2v) is 4.93. The van der Waals surface area contributed by atoms with Crippen LogP contribution in [-0.2, 0) is 4.74 Å². The molecular weight excluding hydrogens is 276 g/mol. The summed E-state index contributed by atoms with van der Waals surface area (Å²) in [5.74, 6) is -0.508. The monoisotopic (exact) mass is 290 g/mol.